The predicted octanol–water partition coefficient (Wildman–Crippen LogP) is 1.67. The summed E-state index contributed by atoms with van der Waals surface area (Å²) in [6, 6.07) is 0. The van der Waals surface area contributed by atoms with Gasteiger partial charge in [-0.2, -0.15) is 0 Å². The first-order chi connectivity index (χ1) is 6.12. The van der Waals surface area contributed by atoms with E-state index in [2.05, 4.69) is 0 Å². The standard InChI is InChI=1S/C11H21NO/c1-10(13,6-7-12)11-5-3-2-4-9(11)8-11/h9,13H,2-8,12H2,1H3. The fourth-order valence-electron chi connectivity index (χ4n) is 3.36. The van der Waals surface area contributed by atoms with E-state index in [1.807, 2.05) is 6.92 Å². The maximum atomic E-state index is 10.4. The van der Waals surface area contributed by atoms with Crippen LogP contribution >= 0.6 is 0 Å². The lowest BCUT2D eigenvalue weighted by molar-refractivity contribution is -0.0397. The average Bonchev–Trinajstić information content (AvgIpc) is 2.79. The zero-order valence-electron chi connectivity index (χ0n) is 8.55. The molecule has 3 atom stereocenters. The number of rotatable bonds is 3. The van der Waals surface area contributed by atoms with E-state index in [0.29, 0.717) is 6.54 Å². The van der Waals surface area contributed by atoms with Gasteiger partial charge in [-0.1, -0.05) is 12.8 Å². The first-order valence-electron chi connectivity index (χ1n) is 5.55. The Kier molecular flexibility index (Phi) is 2.16. The van der Waals surface area contributed by atoms with Crippen LogP contribution in [-0.4, -0.2) is 17.3 Å². The molecule has 0 radical (unpaired) electrons. The van der Waals surface area contributed by atoms with Crippen molar-refractivity contribution in [3.63, 3.8) is 0 Å². The van der Waals surface area contributed by atoms with E-state index in [4.69, 9.17) is 5.73 Å². The van der Waals surface area contributed by atoms with Crippen LogP contribution in [-0.2, 0) is 0 Å². The van der Waals surface area contributed by atoms with Crippen molar-refractivity contribution >= 4 is 0 Å². The summed E-state index contributed by atoms with van der Waals surface area (Å²) >= 11 is 0. The second kappa shape index (κ2) is 2.96. The topological polar surface area (TPSA) is 46.2 Å². The summed E-state index contributed by atoms with van der Waals surface area (Å²) in [5, 5.41) is 10.4. The van der Waals surface area contributed by atoms with Gasteiger partial charge in [-0.15, -0.1) is 0 Å². The van der Waals surface area contributed by atoms with E-state index in [-0.39, 0.29) is 5.41 Å². The Morgan fingerprint density at radius 1 is 1.54 bits per heavy atom. The van der Waals surface area contributed by atoms with Crippen LogP contribution in [0.25, 0.3) is 0 Å². The predicted molar refractivity (Wildman–Crippen MR) is 53.3 cm³/mol. The minimum absolute atomic E-state index is 0.268. The molecular weight excluding hydrogens is 162 g/mol. The van der Waals surface area contributed by atoms with Crippen LogP contribution in [0.3, 0.4) is 0 Å². The summed E-state index contributed by atoms with van der Waals surface area (Å²) in [6.07, 6.45) is 7.25. The fourth-order valence-corrected chi connectivity index (χ4v) is 3.36. The molecule has 2 heteroatoms. The molecular formula is C11H21NO. The molecule has 3 unspecified atom stereocenters. The molecule has 0 aliphatic heterocycles. The molecule has 2 saturated carbocycles. The Labute approximate surface area is 80.5 Å². The van der Waals surface area contributed by atoms with Gasteiger partial charge in [0.25, 0.3) is 0 Å². The lowest BCUT2D eigenvalue weighted by Gasteiger charge is -2.36. The first kappa shape index (κ1) is 9.47. The highest BCUT2D eigenvalue weighted by Gasteiger charge is 2.63. The molecule has 2 nitrogen and oxygen atoms in total. The summed E-state index contributed by atoms with van der Waals surface area (Å²) in [6.45, 7) is 2.60. The molecule has 3 N–H and O–H groups in total. The van der Waals surface area contributed by atoms with Crippen molar-refractivity contribution in [2.24, 2.45) is 17.1 Å². The first-order valence-corrected chi connectivity index (χ1v) is 5.55. The second-order valence-corrected chi connectivity index (χ2v) is 5.12. The summed E-state index contributed by atoms with van der Waals surface area (Å²) in [5.41, 5.74) is 5.31. The summed E-state index contributed by atoms with van der Waals surface area (Å²) in [5.74, 6) is 0.808. The van der Waals surface area contributed by atoms with Crippen molar-refractivity contribution in [2.45, 2.75) is 51.0 Å². The molecule has 0 aromatic heterocycles. The lowest BCUT2D eigenvalue weighted by atomic mass is 9.74. The van der Waals surface area contributed by atoms with E-state index in [1.54, 1.807) is 0 Å². The van der Waals surface area contributed by atoms with E-state index >= 15 is 0 Å². The normalized spacial score (nSPS) is 42.2. The van der Waals surface area contributed by atoms with Crippen LogP contribution in [0.15, 0.2) is 0 Å². The monoisotopic (exact) mass is 183 g/mol. The van der Waals surface area contributed by atoms with Crippen LogP contribution in [0.2, 0.25) is 0 Å². The average molecular weight is 183 g/mol. The summed E-state index contributed by atoms with van der Waals surface area (Å²) in [4.78, 5) is 0. The number of hydrogen-bond donors (Lipinski definition) is 2. The SMILES string of the molecule is CC(O)(CCN)C12CCCCC1C2. The van der Waals surface area contributed by atoms with Gasteiger partial charge in [0.2, 0.25) is 0 Å². The van der Waals surface area contributed by atoms with Gasteiger partial charge in [0.1, 0.15) is 0 Å². The van der Waals surface area contributed by atoms with Gasteiger partial charge in [-0.05, 0) is 45.1 Å². The van der Waals surface area contributed by atoms with E-state index in [1.165, 1.54) is 32.1 Å². The van der Waals surface area contributed by atoms with Crippen molar-refractivity contribution in [2.75, 3.05) is 6.54 Å². The molecule has 2 aliphatic rings. The number of hydrogen-bond acceptors (Lipinski definition) is 2. The molecule has 0 heterocycles. The van der Waals surface area contributed by atoms with Crippen LogP contribution < -0.4 is 5.73 Å². The Hall–Kier alpha value is -0.0800. The molecule has 2 aliphatic carbocycles. The zero-order valence-corrected chi connectivity index (χ0v) is 8.55. The third-order valence-electron chi connectivity index (χ3n) is 4.36. The molecule has 0 amide bonds. The molecule has 76 valence electrons. The Morgan fingerprint density at radius 2 is 2.31 bits per heavy atom. The minimum atomic E-state index is -0.493. The summed E-state index contributed by atoms with van der Waals surface area (Å²) in [7, 11) is 0. The molecule has 0 aromatic carbocycles. The van der Waals surface area contributed by atoms with Gasteiger partial charge >= 0.3 is 0 Å². The van der Waals surface area contributed by atoms with Gasteiger partial charge in [0.05, 0.1) is 5.60 Å². The largest absolute Gasteiger partial charge is 0.390 e. The summed E-state index contributed by atoms with van der Waals surface area (Å²) < 4.78 is 0. The van der Waals surface area contributed by atoms with Crippen molar-refractivity contribution in [1.82, 2.24) is 0 Å². The fraction of sp³-hybridized carbons (Fsp3) is 1.00. The van der Waals surface area contributed by atoms with Gasteiger partial charge in [-0.25, -0.2) is 0 Å². The molecule has 0 spiro atoms. The Balaban J connectivity index is 2.07. The van der Waals surface area contributed by atoms with Gasteiger partial charge < -0.3 is 10.8 Å². The van der Waals surface area contributed by atoms with E-state index in [9.17, 15) is 5.11 Å². The Bertz CT molecular complexity index is 202. The molecule has 0 saturated heterocycles. The van der Waals surface area contributed by atoms with Crippen molar-refractivity contribution < 1.29 is 5.11 Å². The van der Waals surface area contributed by atoms with E-state index in [0.717, 1.165) is 12.3 Å². The zero-order chi connectivity index (χ0) is 9.53. The second-order valence-electron chi connectivity index (χ2n) is 5.12. The van der Waals surface area contributed by atoms with Crippen LogP contribution in [0.5, 0.6) is 0 Å². The number of fused-ring (bicyclic) bond motifs is 1. The molecule has 2 fully saturated rings. The van der Waals surface area contributed by atoms with Crippen LogP contribution in [0.1, 0.15) is 45.4 Å². The smallest absolute Gasteiger partial charge is 0.0690 e. The van der Waals surface area contributed by atoms with Crippen molar-refractivity contribution in [1.29, 1.82) is 0 Å². The van der Waals surface area contributed by atoms with Crippen LogP contribution in [0.4, 0.5) is 0 Å². The maximum absolute atomic E-state index is 10.4. The van der Waals surface area contributed by atoms with Crippen molar-refractivity contribution in [3.05, 3.63) is 0 Å². The third-order valence-corrected chi connectivity index (χ3v) is 4.36. The highest BCUT2D eigenvalue weighted by atomic mass is 16.3. The van der Waals surface area contributed by atoms with Crippen molar-refractivity contribution in [3.8, 4) is 0 Å². The Morgan fingerprint density at radius 3 is 2.92 bits per heavy atom. The van der Waals surface area contributed by atoms with Crippen LogP contribution in [0, 0.1) is 11.3 Å². The molecule has 2 rings (SSSR count). The highest BCUT2D eigenvalue weighted by Crippen LogP contribution is 2.67. The number of aliphatic hydroxyl groups is 1. The third kappa shape index (κ3) is 1.31. The lowest BCUT2D eigenvalue weighted by Crippen LogP contribution is -2.40. The maximum Gasteiger partial charge on any atom is 0.0690 e. The molecule has 13 heavy (non-hydrogen) atoms. The van der Waals surface area contributed by atoms with E-state index < -0.39 is 5.60 Å². The number of nitrogens with two attached hydrogens (primary N) is 1. The minimum Gasteiger partial charge on any atom is -0.390 e. The molecule has 0 bridgehead atoms. The quantitative estimate of drug-likeness (QED) is 0.699. The highest BCUT2D eigenvalue weighted by molar-refractivity contribution is 5.13. The van der Waals surface area contributed by atoms with Gasteiger partial charge in [0, 0.05) is 5.41 Å². The van der Waals surface area contributed by atoms with Gasteiger partial charge in [0.15, 0.2) is 0 Å². The molecule has 0 aromatic rings. The van der Waals surface area contributed by atoms with Gasteiger partial charge in [-0.3, -0.25) is 0 Å².